The van der Waals surface area contributed by atoms with Crippen LogP contribution in [-0.4, -0.2) is 22.6 Å². The van der Waals surface area contributed by atoms with E-state index in [1.54, 1.807) is 29.1 Å². The lowest BCUT2D eigenvalue weighted by Crippen LogP contribution is -2.09. The molecule has 0 aliphatic heterocycles. The van der Waals surface area contributed by atoms with Gasteiger partial charge in [-0.2, -0.15) is 5.26 Å². The molecule has 0 aliphatic rings. The molecule has 2 heterocycles. The van der Waals surface area contributed by atoms with Gasteiger partial charge in [0.1, 0.15) is 11.8 Å². The summed E-state index contributed by atoms with van der Waals surface area (Å²) in [6.07, 6.45) is 3.52. The molecule has 5 nitrogen and oxygen atoms in total. The van der Waals surface area contributed by atoms with E-state index in [1.807, 2.05) is 31.2 Å². The van der Waals surface area contributed by atoms with Crippen molar-refractivity contribution in [3.63, 3.8) is 0 Å². The number of nitrogens with zero attached hydrogens (tertiary/aromatic N) is 3. The first-order chi connectivity index (χ1) is 12.0. The van der Waals surface area contributed by atoms with Crippen molar-refractivity contribution in [2.45, 2.75) is 6.92 Å². The number of nitriles is 1. The van der Waals surface area contributed by atoms with Crippen molar-refractivity contribution in [1.82, 2.24) is 9.55 Å². The number of esters is 1. The number of aryl methyl sites for hydroxylation is 1. The predicted octanol–water partition coefficient (Wildman–Crippen LogP) is 4.27. The Balaban J connectivity index is 2.19. The highest BCUT2D eigenvalue weighted by atomic mass is 79.9. The van der Waals surface area contributed by atoms with E-state index in [0.29, 0.717) is 16.9 Å². The van der Waals surface area contributed by atoms with E-state index in [2.05, 4.69) is 27.0 Å². The van der Waals surface area contributed by atoms with Crippen molar-refractivity contribution in [2.75, 3.05) is 7.11 Å². The molecule has 0 amide bonds. The lowest BCUT2D eigenvalue weighted by Gasteiger charge is -2.12. The SMILES string of the molecule is COC(=O)c1cc(Br)cn1-c1cc(-c2ccc(C)nc2)ccc1C#N. The molecule has 1 aromatic carbocycles. The maximum Gasteiger partial charge on any atom is 0.355 e. The maximum atomic E-state index is 12.1. The smallest absolute Gasteiger partial charge is 0.355 e. The standard InChI is InChI=1S/C19H14BrN3O2/c1-12-3-4-15(10-22-12)13-5-6-14(9-21)17(7-13)23-11-16(20)8-18(23)19(24)25-2/h3-8,10-11H,1-2H3. The number of pyridine rings is 1. The Labute approximate surface area is 153 Å². The quantitative estimate of drug-likeness (QED) is 0.621. The second-order valence-corrected chi connectivity index (χ2v) is 6.35. The summed E-state index contributed by atoms with van der Waals surface area (Å²) in [4.78, 5) is 16.4. The highest BCUT2D eigenvalue weighted by Gasteiger charge is 2.17. The molecule has 0 N–H and O–H groups in total. The molecule has 0 unspecified atom stereocenters. The van der Waals surface area contributed by atoms with Gasteiger partial charge in [0.15, 0.2) is 0 Å². The van der Waals surface area contributed by atoms with E-state index in [4.69, 9.17) is 4.74 Å². The van der Waals surface area contributed by atoms with Crippen LogP contribution in [0.15, 0.2) is 53.3 Å². The van der Waals surface area contributed by atoms with E-state index in [1.165, 1.54) is 7.11 Å². The number of carbonyl (C=O) groups is 1. The fourth-order valence-electron chi connectivity index (χ4n) is 2.54. The van der Waals surface area contributed by atoms with E-state index >= 15 is 0 Å². The van der Waals surface area contributed by atoms with Gasteiger partial charge in [-0.05, 0) is 52.7 Å². The zero-order valence-electron chi connectivity index (χ0n) is 13.7. The summed E-state index contributed by atoms with van der Waals surface area (Å²) in [5.41, 5.74) is 4.16. The first-order valence-electron chi connectivity index (χ1n) is 7.47. The van der Waals surface area contributed by atoms with Crippen LogP contribution in [0.5, 0.6) is 0 Å². The van der Waals surface area contributed by atoms with Gasteiger partial charge in [-0.15, -0.1) is 0 Å². The molecule has 0 bridgehead atoms. The minimum absolute atomic E-state index is 0.338. The summed E-state index contributed by atoms with van der Waals surface area (Å²) in [7, 11) is 1.33. The average Bonchev–Trinajstić information content (AvgIpc) is 3.02. The molecule has 3 rings (SSSR count). The van der Waals surface area contributed by atoms with Crippen molar-refractivity contribution in [1.29, 1.82) is 5.26 Å². The number of halogens is 1. The Morgan fingerprint density at radius 3 is 2.64 bits per heavy atom. The van der Waals surface area contributed by atoms with Gasteiger partial charge in [-0.25, -0.2) is 4.79 Å². The summed E-state index contributed by atoms with van der Waals surface area (Å²) >= 11 is 3.37. The van der Waals surface area contributed by atoms with Crippen LogP contribution in [0.4, 0.5) is 0 Å². The van der Waals surface area contributed by atoms with Gasteiger partial charge in [0, 0.05) is 28.1 Å². The topological polar surface area (TPSA) is 67.9 Å². The third-order valence-electron chi connectivity index (χ3n) is 3.80. The highest BCUT2D eigenvalue weighted by molar-refractivity contribution is 9.10. The third-order valence-corrected chi connectivity index (χ3v) is 4.24. The van der Waals surface area contributed by atoms with Crippen LogP contribution in [0.25, 0.3) is 16.8 Å². The molecule has 0 spiro atoms. The zero-order chi connectivity index (χ0) is 18.0. The van der Waals surface area contributed by atoms with E-state index in [9.17, 15) is 10.1 Å². The van der Waals surface area contributed by atoms with Crippen LogP contribution in [-0.2, 0) is 4.74 Å². The fraction of sp³-hybridized carbons (Fsp3) is 0.105. The van der Waals surface area contributed by atoms with Gasteiger partial charge < -0.3 is 9.30 Å². The van der Waals surface area contributed by atoms with Gasteiger partial charge >= 0.3 is 5.97 Å². The number of hydrogen-bond acceptors (Lipinski definition) is 4. The van der Waals surface area contributed by atoms with E-state index in [0.717, 1.165) is 21.3 Å². The Kier molecular flexibility index (Phi) is 4.68. The number of aromatic nitrogens is 2. The molecule has 6 heteroatoms. The molecule has 0 saturated heterocycles. The molecule has 0 aliphatic carbocycles. The third kappa shape index (κ3) is 3.32. The van der Waals surface area contributed by atoms with Crippen molar-refractivity contribution in [2.24, 2.45) is 0 Å². The van der Waals surface area contributed by atoms with Crippen LogP contribution in [0, 0.1) is 18.3 Å². The Hall–Kier alpha value is -2.91. The molecule has 124 valence electrons. The summed E-state index contributed by atoms with van der Waals surface area (Å²) in [5, 5.41) is 9.47. The van der Waals surface area contributed by atoms with Crippen molar-refractivity contribution in [3.8, 4) is 22.9 Å². The first-order valence-corrected chi connectivity index (χ1v) is 8.26. The molecular formula is C19H14BrN3O2. The largest absolute Gasteiger partial charge is 0.464 e. The Morgan fingerprint density at radius 2 is 2.00 bits per heavy atom. The molecule has 25 heavy (non-hydrogen) atoms. The van der Waals surface area contributed by atoms with E-state index in [-0.39, 0.29) is 0 Å². The number of methoxy groups -OCH3 is 1. The Bertz CT molecular complexity index is 985. The molecule has 0 fully saturated rings. The second kappa shape index (κ2) is 6.91. The van der Waals surface area contributed by atoms with Crippen LogP contribution in [0.1, 0.15) is 21.7 Å². The minimum atomic E-state index is -0.475. The van der Waals surface area contributed by atoms with Crippen molar-refractivity contribution < 1.29 is 9.53 Å². The number of rotatable bonds is 3. The molecule has 2 aromatic heterocycles. The van der Waals surface area contributed by atoms with Crippen molar-refractivity contribution >= 4 is 21.9 Å². The Morgan fingerprint density at radius 1 is 1.24 bits per heavy atom. The monoisotopic (exact) mass is 395 g/mol. The molecule has 0 saturated carbocycles. The lowest BCUT2D eigenvalue weighted by molar-refractivity contribution is 0.0591. The minimum Gasteiger partial charge on any atom is -0.464 e. The van der Waals surface area contributed by atoms with Gasteiger partial charge in [-0.1, -0.05) is 12.1 Å². The zero-order valence-corrected chi connectivity index (χ0v) is 15.2. The summed E-state index contributed by atoms with van der Waals surface area (Å²) in [5.74, 6) is -0.475. The van der Waals surface area contributed by atoms with Crippen LogP contribution < -0.4 is 0 Å². The predicted molar refractivity (Wildman–Crippen MR) is 97.5 cm³/mol. The molecule has 0 radical (unpaired) electrons. The van der Waals surface area contributed by atoms with Crippen LogP contribution in [0.2, 0.25) is 0 Å². The fourth-order valence-corrected chi connectivity index (χ4v) is 2.96. The maximum absolute atomic E-state index is 12.1. The summed E-state index contributed by atoms with van der Waals surface area (Å²) < 4.78 is 7.21. The van der Waals surface area contributed by atoms with E-state index < -0.39 is 5.97 Å². The normalized spacial score (nSPS) is 10.3. The molecule has 3 aromatic rings. The average molecular weight is 396 g/mol. The van der Waals surface area contributed by atoms with Crippen LogP contribution in [0.3, 0.4) is 0 Å². The number of carbonyl (C=O) groups excluding carboxylic acids is 1. The second-order valence-electron chi connectivity index (χ2n) is 5.44. The highest BCUT2D eigenvalue weighted by Crippen LogP contribution is 2.28. The summed E-state index contributed by atoms with van der Waals surface area (Å²) in [6, 6.07) is 13.2. The number of benzene rings is 1. The lowest BCUT2D eigenvalue weighted by atomic mass is 10.0. The van der Waals surface area contributed by atoms with Gasteiger partial charge in [-0.3, -0.25) is 4.98 Å². The van der Waals surface area contributed by atoms with Gasteiger partial charge in [0.05, 0.1) is 18.4 Å². The first kappa shape index (κ1) is 16.9. The number of hydrogen-bond donors (Lipinski definition) is 0. The van der Waals surface area contributed by atoms with Gasteiger partial charge in [0.2, 0.25) is 0 Å². The summed E-state index contributed by atoms with van der Waals surface area (Å²) in [6.45, 7) is 1.92. The number of ether oxygens (including phenoxy) is 1. The van der Waals surface area contributed by atoms with Gasteiger partial charge in [0.25, 0.3) is 0 Å². The van der Waals surface area contributed by atoms with Crippen molar-refractivity contribution in [3.05, 3.63) is 70.2 Å². The molecular weight excluding hydrogens is 382 g/mol. The van der Waals surface area contributed by atoms with Crippen LogP contribution >= 0.6 is 15.9 Å². The molecule has 0 atom stereocenters.